The first kappa shape index (κ1) is 11.8. The summed E-state index contributed by atoms with van der Waals surface area (Å²) in [7, 11) is 0. The Hall–Kier alpha value is -0.260. The number of hydrogen-bond acceptors (Lipinski definition) is 3. The van der Waals surface area contributed by atoms with E-state index in [9.17, 15) is 8.78 Å². The Labute approximate surface area is 82.4 Å². The summed E-state index contributed by atoms with van der Waals surface area (Å²) in [6.45, 7) is 2.58. The number of halogens is 2. The zero-order valence-corrected chi connectivity index (χ0v) is 8.25. The third kappa shape index (κ3) is 3.48. The number of hydrogen-bond donors (Lipinski definition) is 2. The highest BCUT2D eigenvalue weighted by molar-refractivity contribution is 4.86. The van der Waals surface area contributed by atoms with Gasteiger partial charge < -0.3 is 15.2 Å². The van der Waals surface area contributed by atoms with E-state index in [0.717, 1.165) is 12.8 Å². The van der Waals surface area contributed by atoms with E-state index < -0.39 is 12.5 Å². The number of alkyl halides is 2. The fraction of sp³-hybridized carbons (Fsp3) is 1.00. The van der Waals surface area contributed by atoms with Crippen molar-refractivity contribution in [2.45, 2.75) is 44.4 Å². The maximum atomic E-state index is 11.9. The van der Waals surface area contributed by atoms with E-state index in [-0.39, 0.29) is 18.7 Å². The summed E-state index contributed by atoms with van der Waals surface area (Å²) >= 11 is 0. The molecule has 1 atom stereocenters. The van der Waals surface area contributed by atoms with Crippen LogP contribution in [-0.2, 0) is 4.74 Å². The summed E-state index contributed by atoms with van der Waals surface area (Å²) in [4.78, 5) is 0. The molecule has 1 rings (SSSR count). The van der Waals surface area contributed by atoms with Crippen LogP contribution in [0.15, 0.2) is 0 Å². The Bertz CT molecular complexity index is 163. The fourth-order valence-corrected chi connectivity index (χ4v) is 1.48. The van der Waals surface area contributed by atoms with Gasteiger partial charge in [-0.25, -0.2) is 8.78 Å². The molecule has 0 spiro atoms. The van der Waals surface area contributed by atoms with Gasteiger partial charge in [0.2, 0.25) is 0 Å². The SMILES string of the molecule is CCOC1CC(NCC(O)C(F)F)C1. The van der Waals surface area contributed by atoms with Gasteiger partial charge in [0, 0.05) is 19.2 Å². The molecule has 84 valence electrons. The van der Waals surface area contributed by atoms with E-state index in [1.165, 1.54) is 0 Å². The first-order chi connectivity index (χ1) is 6.63. The van der Waals surface area contributed by atoms with Gasteiger partial charge >= 0.3 is 0 Å². The molecular weight excluding hydrogens is 192 g/mol. The number of nitrogens with one attached hydrogen (secondary N) is 1. The number of ether oxygens (including phenoxy) is 1. The lowest BCUT2D eigenvalue weighted by atomic mass is 9.89. The Balaban J connectivity index is 2.00. The van der Waals surface area contributed by atoms with Crippen molar-refractivity contribution in [2.75, 3.05) is 13.2 Å². The van der Waals surface area contributed by atoms with Crippen molar-refractivity contribution in [3.63, 3.8) is 0 Å². The largest absolute Gasteiger partial charge is 0.386 e. The van der Waals surface area contributed by atoms with Crippen LogP contribution >= 0.6 is 0 Å². The molecule has 0 aromatic rings. The maximum Gasteiger partial charge on any atom is 0.265 e. The quantitative estimate of drug-likeness (QED) is 0.679. The molecule has 2 N–H and O–H groups in total. The van der Waals surface area contributed by atoms with Gasteiger partial charge in [0.15, 0.2) is 0 Å². The predicted molar refractivity (Wildman–Crippen MR) is 48.4 cm³/mol. The van der Waals surface area contributed by atoms with Crippen LogP contribution in [0.1, 0.15) is 19.8 Å². The van der Waals surface area contributed by atoms with E-state index in [0.29, 0.717) is 6.61 Å². The molecule has 1 unspecified atom stereocenters. The van der Waals surface area contributed by atoms with E-state index in [1.807, 2.05) is 6.92 Å². The van der Waals surface area contributed by atoms with Crippen LogP contribution in [0.5, 0.6) is 0 Å². The lowest BCUT2D eigenvalue weighted by Crippen LogP contribution is -2.48. The van der Waals surface area contributed by atoms with Crippen molar-refractivity contribution in [3.8, 4) is 0 Å². The van der Waals surface area contributed by atoms with Crippen molar-refractivity contribution in [1.82, 2.24) is 5.32 Å². The first-order valence-electron chi connectivity index (χ1n) is 4.94. The molecule has 0 amide bonds. The molecule has 1 saturated carbocycles. The Morgan fingerprint density at radius 2 is 2.14 bits per heavy atom. The highest BCUT2D eigenvalue weighted by atomic mass is 19.3. The van der Waals surface area contributed by atoms with Crippen molar-refractivity contribution < 1.29 is 18.6 Å². The second kappa shape index (κ2) is 5.58. The Morgan fingerprint density at radius 1 is 1.50 bits per heavy atom. The van der Waals surface area contributed by atoms with Crippen LogP contribution in [0, 0.1) is 0 Å². The predicted octanol–water partition coefficient (Wildman–Crippen LogP) is 0.769. The minimum atomic E-state index is -2.66. The third-order valence-electron chi connectivity index (χ3n) is 2.40. The Kier molecular flexibility index (Phi) is 4.71. The lowest BCUT2D eigenvalue weighted by molar-refractivity contribution is -0.0272. The summed E-state index contributed by atoms with van der Waals surface area (Å²) in [5, 5.41) is 11.7. The van der Waals surface area contributed by atoms with Crippen LogP contribution in [0.2, 0.25) is 0 Å². The molecule has 0 bridgehead atoms. The average Bonchev–Trinajstić information content (AvgIpc) is 2.08. The molecule has 0 heterocycles. The highest BCUT2D eigenvalue weighted by Crippen LogP contribution is 2.23. The smallest absolute Gasteiger partial charge is 0.265 e. The van der Waals surface area contributed by atoms with Crippen molar-refractivity contribution in [1.29, 1.82) is 0 Å². The topological polar surface area (TPSA) is 41.5 Å². The molecule has 0 aliphatic heterocycles. The standard InChI is InChI=1S/C9H17F2NO2/c1-2-14-7-3-6(4-7)12-5-8(13)9(10)11/h6-9,12-13H,2-5H2,1H3. The number of aliphatic hydroxyl groups is 1. The zero-order chi connectivity index (χ0) is 10.6. The second-order valence-corrected chi connectivity index (χ2v) is 3.56. The van der Waals surface area contributed by atoms with Crippen LogP contribution in [0.25, 0.3) is 0 Å². The van der Waals surface area contributed by atoms with E-state index in [2.05, 4.69) is 5.32 Å². The van der Waals surface area contributed by atoms with Crippen molar-refractivity contribution >= 4 is 0 Å². The van der Waals surface area contributed by atoms with Gasteiger partial charge in [0.1, 0.15) is 6.10 Å². The molecular formula is C9H17F2NO2. The van der Waals surface area contributed by atoms with Gasteiger partial charge in [-0.05, 0) is 19.8 Å². The second-order valence-electron chi connectivity index (χ2n) is 3.56. The van der Waals surface area contributed by atoms with Crippen LogP contribution in [0.3, 0.4) is 0 Å². The average molecular weight is 209 g/mol. The van der Waals surface area contributed by atoms with E-state index >= 15 is 0 Å². The van der Waals surface area contributed by atoms with Gasteiger partial charge in [-0.15, -0.1) is 0 Å². The van der Waals surface area contributed by atoms with Gasteiger partial charge in [-0.3, -0.25) is 0 Å². The molecule has 14 heavy (non-hydrogen) atoms. The van der Waals surface area contributed by atoms with Gasteiger partial charge in [-0.2, -0.15) is 0 Å². The summed E-state index contributed by atoms with van der Waals surface area (Å²) in [6, 6.07) is 0.222. The first-order valence-corrected chi connectivity index (χ1v) is 4.94. The van der Waals surface area contributed by atoms with Crippen molar-refractivity contribution in [3.05, 3.63) is 0 Å². The summed E-state index contributed by atoms with van der Waals surface area (Å²) in [6.07, 6.45) is -2.25. The van der Waals surface area contributed by atoms with Gasteiger partial charge in [0.25, 0.3) is 6.43 Å². The fourth-order valence-electron chi connectivity index (χ4n) is 1.48. The minimum absolute atomic E-state index is 0.0405. The molecule has 0 saturated heterocycles. The normalized spacial score (nSPS) is 28.9. The number of rotatable bonds is 6. The molecule has 0 aromatic heterocycles. The van der Waals surface area contributed by atoms with Gasteiger partial charge in [-0.1, -0.05) is 0 Å². The monoisotopic (exact) mass is 209 g/mol. The van der Waals surface area contributed by atoms with Crippen molar-refractivity contribution in [2.24, 2.45) is 0 Å². The zero-order valence-electron chi connectivity index (χ0n) is 8.25. The maximum absolute atomic E-state index is 11.9. The van der Waals surface area contributed by atoms with E-state index in [4.69, 9.17) is 9.84 Å². The minimum Gasteiger partial charge on any atom is -0.386 e. The molecule has 5 heteroatoms. The van der Waals surface area contributed by atoms with Crippen LogP contribution in [0.4, 0.5) is 8.78 Å². The summed E-state index contributed by atoms with van der Waals surface area (Å²) < 4.78 is 29.1. The molecule has 0 aromatic carbocycles. The molecule has 0 radical (unpaired) electrons. The Morgan fingerprint density at radius 3 is 2.64 bits per heavy atom. The van der Waals surface area contributed by atoms with Crippen LogP contribution in [-0.4, -0.2) is 42.9 Å². The molecule has 3 nitrogen and oxygen atoms in total. The third-order valence-corrected chi connectivity index (χ3v) is 2.40. The summed E-state index contributed by atoms with van der Waals surface area (Å²) in [5.74, 6) is 0. The van der Waals surface area contributed by atoms with Gasteiger partial charge in [0.05, 0.1) is 6.10 Å². The lowest BCUT2D eigenvalue weighted by Gasteiger charge is -2.36. The molecule has 1 aliphatic rings. The summed E-state index contributed by atoms with van der Waals surface area (Å²) in [5.41, 5.74) is 0. The number of aliphatic hydroxyl groups excluding tert-OH is 1. The van der Waals surface area contributed by atoms with Crippen LogP contribution < -0.4 is 5.32 Å². The highest BCUT2D eigenvalue weighted by Gasteiger charge is 2.30. The molecule has 1 aliphatic carbocycles. The molecule has 1 fully saturated rings. The van der Waals surface area contributed by atoms with E-state index in [1.54, 1.807) is 0 Å².